The highest BCUT2D eigenvalue weighted by Gasteiger charge is 2.15. The van der Waals surface area contributed by atoms with Crippen LogP contribution < -0.4 is 19.7 Å². The zero-order chi connectivity index (χ0) is 23.0. The molecule has 0 saturated carbocycles. The van der Waals surface area contributed by atoms with Crippen LogP contribution in [0.25, 0.3) is 0 Å². The van der Waals surface area contributed by atoms with Crippen molar-refractivity contribution >= 4 is 38.9 Å². The van der Waals surface area contributed by atoms with E-state index in [0.29, 0.717) is 19.8 Å². The van der Waals surface area contributed by atoms with Crippen LogP contribution in [-0.4, -0.2) is 19.7 Å². The van der Waals surface area contributed by atoms with Gasteiger partial charge in [-0.05, 0) is 83.6 Å². The number of nitrogens with zero attached hydrogens (tertiary/aromatic N) is 1. The number of piperidine rings is 1. The maximum absolute atomic E-state index is 6.62. The Hall–Kier alpha value is -2.37. The van der Waals surface area contributed by atoms with Crippen LogP contribution in [0.3, 0.4) is 0 Å². The molecule has 174 valence electrons. The van der Waals surface area contributed by atoms with E-state index in [0.717, 1.165) is 56.6 Å². The fraction of sp³-hybridized carbons (Fsp3) is 0.333. The van der Waals surface area contributed by atoms with E-state index >= 15 is 0 Å². The zero-order valence-corrected chi connectivity index (χ0v) is 21.3. The molecule has 6 heteroatoms. The highest BCUT2D eigenvalue weighted by Crippen LogP contribution is 2.38. The lowest BCUT2D eigenvalue weighted by molar-refractivity contribution is 0.267. The fourth-order valence-corrected chi connectivity index (χ4v) is 4.97. The number of ether oxygens (including phenoxy) is 2. The molecule has 1 aliphatic heterocycles. The number of halogens is 2. The molecule has 0 amide bonds. The van der Waals surface area contributed by atoms with E-state index in [9.17, 15) is 0 Å². The van der Waals surface area contributed by atoms with Gasteiger partial charge in [-0.2, -0.15) is 0 Å². The molecular formula is C27H30BrClN2O2. The molecule has 1 heterocycles. The van der Waals surface area contributed by atoms with Crippen LogP contribution in [0.5, 0.6) is 11.5 Å². The molecule has 4 rings (SSSR count). The third-order valence-electron chi connectivity index (χ3n) is 5.74. The molecule has 1 fully saturated rings. The number of rotatable bonds is 9. The zero-order valence-electron chi connectivity index (χ0n) is 18.9. The second kappa shape index (κ2) is 11.7. The van der Waals surface area contributed by atoms with Crippen molar-refractivity contribution < 1.29 is 9.47 Å². The summed E-state index contributed by atoms with van der Waals surface area (Å²) in [5.74, 6) is 1.46. The highest BCUT2D eigenvalue weighted by molar-refractivity contribution is 9.10. The summed E-state index contributed by atoms with van der Waals surface area (Å²) in [5, 5.41) is 4.28. The van der Waals surface area contributed by atoms with Gasteiger partial charge >= 0.3 is 0 Å². The van der Waals surface area contributed by atoms with E-state index in [1.165, 1.54) is 19.3 Å². The Morgan fingerprint density at radius 1 is 0.939 bits per heavy atom. The first-order valence-electron chi connectivity index (χ1n) is 11.5. The van der Waals surface area contributed by atoms with E-state index in [-0.39, 0.29) is 0 Å². The summed E-state index contributed by atoms with van der Waals surface area (Å²) in [4.78, 5) is 2.38. The first-order chi connectivity index (χ1) is 16.1. The molecule has 33 heavy (non-hydrogen) atoms. The van der Waals surface area contributed by atoms with E-state index < -0.39 is 0 Å². The van der Waals surface area contributed by atoms with Gasteiger partial charge in [-0.25, -0.2) is 0 Å². The summed E-state index contributed by atoms with van der Waals surface area (Å²) in [6.45, 7) is 5.85. The molecule has 0 radical (unpaired) electrons. The van der Waals surface area contributed by atoms with E-state index in [2.05, 4.69) is 44.3 Å². The van der Waals surface area contributed by atoms with Gasteiger partial charge in [-0.1, -0.05) is 41.9 Å². The van der Waals surface area contributed by atoms with Crippen LogP contribution in [0.4, 0.5) is 11.4 Å². The summed E-state index contributed by atoms with van der Waals surface area (Å²) < 4.78 is 12.9. The normalized spacial score (nSPS) is 13.6. The molecule has 1 saturated heterocycles. The van der Waals surface area contributed by atoms with Gasteiger partial charge in [-0.3, -0.25) is 0 Å². The maximum atomic E-state index is 6.62. The lowest BCUT2D eigenvalue weighted by atomic mass is 10.1. The van der Waals surface area contributed by atoms with Crippen molar-refractivity contribution in [2.45, 2.75) is 39.3 Å². The molecule has 3 aromatic rings. The van der Waals surface area contributed by atoms with Gasteiger partial charge in [0.15, 0.2) is 11.5 Å². The first kappa shape index (κ1) is 23.8. The monoisotopic (exact) mass is 528 g/mol. The molecule has 0 atom stereocenters. The molecule has 4 nitrogen and oxygen atoms in total. The minimum atomic E-state index is 0.485. The lowest BCUT2D eigenvalue weighted by Gasteiger charge is -2.29. The second-order valence-electron chi connectivity index (χ2n) is 8.18. The van der Waals surface area contributed by atoms with Gasteiger partial charge in [-0.15, -0.1) is 0 Å². The molecule has 1 aliphatic rings. The Labute approximate surface area is 210 Å². The van der Waals surface area contributed by atoms with Crippen LogP contribution in [0, 0.1) is 0 Å². The lowest BCUT2D eigenvalue weighted by Crippen LogP contribution is -2.29. The highest BCUT2D eigenvalue weighted by atomic mass is 79.9. The number of anilines is 2. The topological polar surface area (TPSA) is 33.7 Å². The van der Waals surface area contributed by atoms with E-state index in [1.807, 2.05) is 49.4 Å². The van der Waals surface area contributed by atoms with Gasteiger partial charge in [0.2, 0.25) is 0 Å². The average Bonchev–Trinajstić information content (AvgIpc) is 2.84. The minimum absolute atomic E-state index is 0.485. The van der Waals surface area contributed by atoms with E-state index in [1.54, 1.807) is 0 Å². The Balaban J connectivity index is 1.44. The van der Waals surface area contributed by atoms with Gasteiger partial charge in [0.25, 0.3) is 0 Å². The number of nitrogens with one attached hydrogen (secondary N) is 1. The molecule has 0 bridgehead atoms. The van der Waals surface area contributed by atoms with Crippen LogP contribution in [-0.2, 0) is 13.2 Å². The van der Waals surface area contributed by atoms with Crippen molar-refractivity contribution in [1.29, 1.82) is 0 Å². The largest absolute Gasteiger partial charge is 0.490 e. The smallest absolute Gasteiger partial charge is 0.175 e. The summed E-state index contributed by atoms with van der Waals surface area (Å²) in [6.07, 6.45) is 3.78. The molecule has 0 unspecified atom stereocenters. The maximum Gasteiger partial charge on any atom is 0.175 e. The van der Waals surface area contributed by atoms with Crippen molar-refractivity contribution in [3.63, 3.8) is 0 Å². The number of hydrogen-bond acceptors (Lipinski definition) is 4. The Kier molecular flexibility index (Phi) is 8.40. The molecular weight excluding hydrogens is 500 g/mol. The van der Waals surface area contributed by atoms with Gasteiger partial charge in [0.05, 0.1) is 21.8 Å². The average molecular weight is 530 g/mol. The molecule has 0 aromatic heterocycles. The minimum Gasteiger partial charge on any atom is -0.490 e. The van der Waals surface area contributed by atoms with Gasteiger partial charge < -0.3 is 19.7 Å². The third kappa shape index (κ3) is 6.36. The molecule has 0 spiro atoms. The van der Waals surface area contributed by atoms with Crippen molar-refractivity contribution in [3.8, 4) is 11.5 Å². The molecule has 0 aliphatic carbocycles. The van der Waals surface area contributed by atoms with Crippen LogP contribution in [0.15, 0.2) is 65.1 Å². The summed E-state index contributed by atoms with van der Waals surface area (Å²) in [6, 6.07) is 20.5. The summed E-state index contributed by atoms with van der Waals surface area (Å²) in [7, 11) is 0. The predicted octanol–water partition coefficient (Wildman–Crippen LogP) is 7.68. The van der Waals surface area contributed by atoms with Gasteiger partial charge in [0.1, 0.15) is 6.61 Å². The molecule has 3 aromatic carbocycles. The Morgan fingerprint density at radius 2 is 1.73 bits per heavy atom. The third-order valence-corrected chi connectivity index (χ3v) is 6.63. The van der Waals surface area contributed by atoms with E-state index in [4.69, 9.17) is 21.1 Å². The Bertz CT molecular complexity index is 1060. The standard InChI is InChI=1S/C27H30BrClN2O2/c1-2-32-26-16-21(15-23(28)27(26)33-19-20-9-5-3-6-10-20)18-30-22-11-12-25(24(29)17-22)31-13-7-4-8-14-31/h3,5-6,9-12,15-17,30H,2,4,7-8,13-14,18-19H2,1H3. The van der Waals surface area contributed by atoms with Crippen LogP contribution in [0.1, 0.15) is 37.3 Å². The van der Waals surface area contributed by atoms with Crippen molar-refractivity contribution in [3.05, 3.63) is 81.3 Å². The SMILES string of the molecule is CCOc1cc(CNc2ccc(N3CCCCC3)c(Cl)c2)cc(Br)c1OCc1ccccc1. The number of benzene rings is 3. The Morgan fingerprint density at radius 3 is 2.45 bits per heavy atom. The van der Waals surface area contributed by atoms with Crippen LogP contribution >= 0.6 is 27.5 Å². The first-order valence-corrected chi connectivity index (χ1v) is 12.7. The van der Waals surface area contributed by atoms with Crippen LogP contribution in [0.2, 0.25) is 5.02 Å². The van der Waals surface area contributed by atoms with Gasteiger partial charge in [0, 0.05) is 25.3 Å². The molecule has 1 N–H and O–H groups in total. The van der Waals surface area contributed by atoms with Crippen molar-refractivity contribution in [2.24, 2.45) is 0 Å². The predicted molar refractivity (Wildman–Crippen MR) is 141 cm³/mol. The van der Waals surface area contributed by atoms with Crippen molar-refractivity contribution in [1.82, 2.24) is 0 Å². The number of hydrogen-bond donors (Lipinski definition) is 1. The quantitative estimate of drug-likeness (QED) is 0.308. The van der Waals surface area contributed by atoms with Crippen molar-refractivity contribution in [2.75, 3.05) is 29.9 Å². The summed E-state index contributed by atoms with van der Waals surface area (Å²) >= 11 is 10.3. The fourth-order valence-electron chi connectivity index (χ4n) is 4.07. The second-order valence-corrected chi connectivity index (χ2v) is 9.44. The summed E-state index contributed by atoms with van der Waals surface area (Å²) in [5.41, 5.74) is 4.33.